The van der Waals surface area contributed by atoms with Crippen molar-refractivity contribution < 1.29 is 48.7 Å². The van der Waals surface area contributed by atoms with E-state index in [1.54, 1.807) is 64.1 Å². The maximum atomic E-state index is 15.2. The molecule has 5 rings (SSSR count). The van der Waals surface area contributed by atoms with Gasteiger partial charge in [-0.2, -0.15) is 0 Å². The van der Waals surface area contributed by atoms with Gasteiger partial charge < -0.3 is 29.5 Å². The molecule has 0 saturated heterocycles. The Balaban J connectivity index is 1.64. The van der Waals surface area contributed by atoms with E-state index in [2.05, 4.69) is 0 Å². The predicted octanol–water partition coefficient (Wildman–Crippen LogP) is 4.45. The standard InChI is InChI=1S/C39H52O10/c1-20(2)24(7)33(43)48-32-22(5)16-37-23(6)17-38(49-34(44)25(8)21(3)4)29(28(31(37)42)15-27(18-40)30(41)39(32,37)46)36(38,9)19-47-35(45)26-13-11-10-12-14-26/h10-16,20-21,23-25,28-30,32,40-41,46H,17-19H2,1-9H3. The van der Waals surface area contributed by atoms with Crippen LogP contribution in [0.15, 0.2) is 53.6 Å². The third kappa shape index (κ3) is 5.31. The zero-order valence-electron chi connectivity index (χ0n) is 30.1. The lowest BCUT2D eigenvalue weighted by Crippen LogP contribution is -2.66. The highest BCUT2D eigenvalue weighted by Crippen LogP contribution is 2.75. The number of rotatable bonds is 10. The minimum absolute atomic E-state index is 0.0100. The Morgan fingerprint density at radius 2 is 1.57 bits per heavy atom. The molecule has 0 aliphatic heterocycles. The molecule has 1 spiro atoms. The summed E-state index contributed by atoms with van der Waals surface area (Å²) in [6, 6.07) is 8.50. The van der Waals surface area contributed by atoms with Crippen LogP contribution in [0, 0.1) is 52.3 Å². The molecule has 0 amide bonds. The van der Waals surface area contributed by atoms with Crippen LogP contribution in [0.25, 0.3) is 0 Å². The SMILES string of the molecule is CC1=CC23C(=O)C(C=C(CO)C(O)C2(O)C1OC(=O)C(C)C(C)C)C1C(C)(COC(=O)c2ccccc2)C1(OC(=O)C(C)C(C)C)CC3C. The van der Waals surface area contributed by atoms with E-state index in [-0.39, 0.29) is 30.4 Å². The minimum Gasteiger partial charge on any atom is -0.461 e. The van der Waals surface area contributed by atoms with Gasteiger partial charge in [-0.15, -0.1) is 0 Å². The molecule has 3 N–H and O–H groups in total. The Labute approximate surface area is 288 Å². The highest BCUT2D eigenvalue weighted by molar-refractivity contribution is 5.96. The monoisotopic (exact) mass is 680 g/mol. The summed E-state index contributed by atoms with van der Waals surface area (Å²) < 4.78 is 18.3. The highest BCUT2D eigenvalue weighted by Gasteiger charge is 2.85. The fraction of sp³-hybridized carbons (Fsp3) is 0.641. The summed E-state index contributed by atoms with van der Waals surface area (Å²) in [6.45, 7) is 15.4. The van der Waals surface area contributed by atoms with E-state index in [0.717, 1.165) is 0 Å². The maximum absolute atomic E-state index is 15.2. The molecule has 10 nitrogen and oxygen atoms in total. The molecular formula is C39H52O10. The number of carbonyl (C=O) groups is 4. The van der Waals surface area contributed by atoms with Crippen molar-refractivity contribution in [1.82, 2.24) is 0 Å². The summed E-state index contributed by atoms with van der Waals surface area (Å²) in [6.07, 6.45) is 0.0207. The van der Waals surface area contributed by atoms with Crippen molar-refractivity contribution in [3.63, 3.8) is 0 Å². The number of allylic oxidation sites excluding steroid dienone is 1. The van der Waals surface area contributed by atoms with Gasteiger partial charge >= 0.3 is 17.9 Å². The van der Waals surface area contributed by atoms with Crippen molar-refractivity contribution >= 4 is 23.7 Å². The van der Waals surface area contributed by atoms with Crippen LogP contribution in [0.3, 0.4) is 0 Å². The van der Waals surface area contributed by atoms with Gasteiger partial charge in [-0.1, -0.05) is 85.7 Å². The molecular weight excluding hydrogens is 628 g/mol. The summed E-state index contributed by atoms with van der Waals surface area (Å²) in [5.74, 6) is -5.74. The first-order valence-corrected chi connectivity index (χ1v) is 17.5. The Bertz CT molecular complexity index is 1560. The lowest BCUT2D eigenvalue weighted by molar-refractivity contribution is -0.207. The second-order valence-corrected chi connectivity index (χ2v) is 15.9. The fourth-order valence-electron chi connectivity index (χ4n) is 8.83. The van der Waals surface area contributed by atoms with Crippen LogP contribution in [0.1, 0.15) is 79.1 Å². The number of carbonyl (C=O) groups excluding carboxylic acids is 4. The van der Waals surface area contributed by atoms with Gasteiger partial charge in [0.25, 0.3) is 0 Å². The van der Waals surface area contributed by atoms with Crippen molar-refractivity contribution in [2.24, 2.45) is 52.3 Å². The molecule has 0 radical (unpaired) electrons. The Kier molecular flexibility index (Phi) is 9.62. The number of ether oxygens (including phenoxy) is 3. The molecule has 4 aliphatic rings. The van der Waals surface area contributed by atoms with Gasteiger partial charge in [0.05, 0.1) is 29.4 Å². The van der Waals surface area contributed by atoms with Gasteiger partial charge in [0.15, 0.2) is 17.5 Å². The lowest BCUT2D eigenvalue weighted by Gasteiger charge is -2.49. The average Bonchev–Trinajstić information content (AvgIpc) is 3.50. The Hall–Kier alpha value is -3.34. The Morgan fingerprint density at radius 1 is 0.980 bits per heavy atom. The van der Waals surface area contributed by atoms with Crippen molar-refractivity contribution in [2.75, 3.05) is 13.2 Å². The molecule has 11 atom stereocenters. The van der Waals surface area contributed by atoms with E-state index in [9.17, 15) is 29.7 Å². The number of ketones is 1. The quantitative estimate of drug-likeness (QED) is 0.183. The molecule has 49 heavy (non-hydrogen) atoms. The number of aliphatic hydroxyl groups excluding tert-OH is 2. The van der Waals surface area contributed by atoms with Crippen molar-refractivity contribution in [3.8, 4) is 0 Å². The number of aliphatic hydroxyl groups is 3. The summed E-state index contributed by atoms with van der Waals surface area (Å²) in [4.78, 5) is 55.4. The van der Waals surface area contributed by atoms with E-state index < -0.39 is 94.1 Å². The predicted molar refractivity (Wildman–Crippen MR) is 180 cm³/mol. The molecule has 0 heterocycles. The van der Waals surface area contributed by atoms with Gasteiger partial charge in [-0.3, -0.25) is 14.4 Å². The first-order chi connectivity index (χ1) is 22.8. The number of fused-ring (bicyclic) bond motifs is 3. The number of benzene rings is 1. The molecule has 268 valence electrons. The number of hydrogen-bond acceptors (Lipinski definition) is 10. The van der Waals surface area contributed by atoms with Crippen LogP contribution in [-0.4, -0.2) is 75.6 Å². The largest absolute Gasteiger partial charge is 0.461 e. The summed E-state index contributed by atoms with van der Waals surface area (Å²) in [5, 5.41) is 35.4. The molecule has 2 bridgehead atoms. The van der Waals surface area contributed by atoms with E-state index in [1.165, 1.54) is 6.08 Å². The smallest absolute Gasteiger partial charge is 0.338 e. The zero-order chi connectivity index (χ0) is 36.4. The molecule has 11 unspecified atom stereocenters. The van der Waals surface area contributed by atoms with Gasteiger partial charge in [-0.05, 0) is 54.4 Å². The average molecular weight is 681 g/mol. The number of hydrogen-bond donors (Lipinski definition) is 3. The minimum atomic E-state index is -2.37. The first-order valence-electron chi connectivity index (χ1n) is 17.5. The van der Waals surface area contributed by atoms with Gasteiger partial charge in [0.1, 0.15) is 18.3 Å². The van der Waals surface area contributed by atoms with Crippen LogP contribution in [0.4, 0.5) is 0 Å². The molecule has 4 aliphatic carbocycles. The third-order valence-electron chi connectivity index (χ3n) is 12.6. The van der Waals surface area contributed by atoms with Gasteiger partial charge in [0, 0.05) is 17.3 Å². The molecule has 0 aromatic heterocycles. The lowest BCUT2D eigenvalue weighted by atomic mass is 9.58. The fourth-order valence-corrected chi connectivity index (χ4v) is 8.83. The maximum Gasteiger partial charge on any atom is 0.338 e. The second-order valence-electron chi connectivity index (χ2n) is 15.9. The Morgan fingerprint density at radius 3 is 2.14 bits per heavy atom. The van der Waals surface area contributed by atoms with Crippen LogP contribution in [0.2, 0.25) is 0 Å². The molecule has 2 fully saturated rings. The van der Waals surface area contributed by atoms with E-state index in [4.69, 9.17) is 14.2 Å². The molecule has 1 aromatic carbocycles. The summed E-state index contributed by atoms with van der Waals surface area (Å²) in [7, 11) is 0. The van der Waals surface area contributed by atoms with Crippen LogP contribution in [0.5, 0.6) is 0 Å². The first kappa shape index (κ1) is 36.9. The van der Waals surface area contributed by atoms with Crippen molar-refractivity contribution in [1.29, 1.82) is 0 Å². The van der Waals surface area contributed by atoms with E-state index in [1.807, 2.05) is 34.6 Å². The zero-order valence-corrected chi connectivity index (χ0v) is 30.1. The third-order valence-corrected chi connectivity index (χ3v) is 12.6. The summed E-state index contributed by atoms with van der Waals surface area (Å²) >= 11 is 0. The summed E-state index contributed by atoms with van der Waals surface area (Å²) in [5.41, 5.74) is -5.76. The highest BCUT2D eigenvalue weighted by atomic mass is 16.6. The van der Waals surface area contributed by atoms with Crippen molar-refractivity contribution in [2.45, 2.75) is 92.1 Å². The van der Waals surface area contributed by atoms with E-state index >= 15 is 4.79 Å². The van der Waals surface area contributed by atoms with E-state index in [0.29, 0.717) is 11.1 Å². The molecule has 2 saturated carbocycles. The number of esters is 3. The topological polar surface area (TPSA) is 157 Å². The van der Waals surface area contributed by atoms with Gasteiger partial charge in [0.2, 0.25) is 0 Å². The van der Waals surface area contributed by atoms with Crippen LogP contribution >= 0.6 is 0 Å². The number of Topliss-reactive ketones (excluding diaryl/α,β-unsaturated/α-hetero) is 1. The normalized spacial score (nSPS) is 37.5. The van der Waals surface area contributed by atoms with Crippen LogP contribution < -0.4 is 0 Å². The molecule has 10 heteroatoms. The van der Waals surface area contributed by atoms with Gasteiger partial charge in [-0.25, -0.2) is 4.79 Å². The second kappa shape index (κ2) is 12.8. The van der Waals surface area contributed by atoms with Crippen molar-refractivity contribution in [3.05, 3.63) is 59.2 Å². The molecule has 1 aromatic rings. The van der Waals surface area contributed by atoms with Crippen LogP contribution in [-0.2, 0) is 28.6 Å².